The zero-order valence-electron chi connectivity index (χ0n) is 8.09. The van der Waals surface area contributed by atoms with Crippen molar-refractivity contribution in [3.63, 3.8) is 0 Å². The van der Waals surface area contributed by atoms with Crippen LogP contribution in [-0.4, -0.2) is 51.7 Å². The lowest BCUT2D eigenvalue weighted by Crippen LogP contribution is -2.47. The summed E-state index contributed by atoms with van der Waals surface area (Å²) in [4.78, 5) is 13.1. The van der Waals surface area contributed by atoms with Crippen molar-refractivity contribution < 1.29 is 9.90 Å². The molecule has 7 heteroatoms. The first kappa shape index (κ1) is 10.5. The van der Waals surface area contributed by atoms with Gasteiger partial charge in [-0.3, -0.25) is 9.69 Å². The monoisotopic (exact) mass is 228 g/mol. The van der Waals surface area contributed by atoms with Gasteiger partial charge in [0.2, 0.25) is 0 Å². The van der Waals surface area contributed by atoms with Gasteiger partial charge in [0.15, 0.2) is 6.04 Å². The van der Waals surface area contributed by atoms with Crippen LogP contribution in [0.4, 0.5) is 0 Å². The van der Waals surface area contributed by atoms with Crippen LogP contribution in [0.3, 0.4) is 0 Å². The maximum atomic E-state index is 11.2. The number of nitrogens with one attached hydrogen (secondary N) is 1. The number of hydrogen-bond acceptors (Lipinski definition) is 6. The van der Waals surface area contributed by atoms with E-state index in [1.165, 1.54) is 11.5 Å². The minimum Gasteiger partial charge on any atom is -0.480 e. The lowest BCUT2D eigenvalue weighted by Gasteiger charge is -2.31. The Labute approximate surface area is 91.1 Å². The van der Waals surface area contributed by atoms with Crippen molar-refractivity contribution in [2.45, 2.75) is 6.04 Å². The predicted octanol–water partition coefficient (Wildman–Crippen LogP) is -0.431. The Morgan fingerprint density at radius 1 is 1.60 bits per heavy atom. The normalized spacial score (nSPS) is 20.0. The summed E-state index contributed by atoms with van der Waals surface area (Å²) in [6.45, 7) is 3.10. The summed E-state index contributed by atoms with van der Waals surface area (Å²) in [5, 5.41) is 17.9. The molecule has 15 heavy (non-hydrogen) atoms. The molecule has 1 aromatic heterocycles. The van der Waals surface area contributed by atoms with Crippen LogP contribution in [0.1, 0.15) is 11.7 Å². The van der Waals surface area contributed by atoms with E-state index < -0.39 is 12.0 Å². The standard InChI is InChI=1S/C8H12N4O2S/c13-8(14)7(6-5-15-11-10-6)12-3-1-9-2-4-12/h5,7,9H,1-4H2,(H,13,14). The Hall–Kier alpha value is -1.05. The first-order valence-corrected chi connectivity index (χ1v) is 5.57. The highest BCUT2D eigenvalue weighted by atomic mass is 32.1. The highest BCUT2D eigenvalue weighted by molar-refractivity contribution is 7.03. The van der Waals surface area contributed by atoms with Crippen molar-refractivity contribution in [2.75, 3.05) is 26.2 Å². The third-order valence-corrected chi connectivity index (χ3v) is 2.93. The summed E-state index contributed by atoms with van der Waals surface area (Å²) >= 11 is 1.18. The fraction of sp³-hybridized carbons (Fsp3) is 0.625. The van der Waals surface area contributed by atoms with Gasteiger partial charge in [-0.05, 0) is 11.5 Å². The molecule has 1 aliphatic rings. The average molecular weight is 228 g/mol. The number of carboxylic acid groups (broad SMARTS) is 1. The average Bonchev–Trinajstić information content (AvgIpc) is 2.72. The van der Waals surface area contributed by atoms with Crippen molar-refractivity contribution >= 4 is 17.5 Å². The van der Waals surface area contributed by atoms with Crippen LogP contribution in [-0.2, 0) is 4.79 Å². The molecule has 1 aliphatic heterocycles. The van der Waals surface area contributed by atoms with Crippen molar-refractivity contribution in [3.8, 4) is 0 Å². The van der Waals surface area contributed by atoms with Crippen LogP contribution in [0.2, 0.25) is 0 Å². The molecule has 1 fully saturated rings. The summed E-state index contributed by atoms with van der Waals surface area (Å²) in [6.07, 6.45) is 0. The maximum absolute atomic E-state index is 11.2. The molecule has 0 amide bonds. The van der Waals surface area contributed by atoms with Crippen molar-refractivity contribution in [1.29, 1.82) is 0 Å². The third-order valence-electron chi connectivity index (χ3n) is 2.41. The summed E-state index contributed by atoms with van der Waals surface area (Å²) in [6, 6.07) is -0.647. The van der Waals surface area contributed by atoms with Crippen LogP contribution in [0.25, 0.3) is 0 Å². The van der Waals surface area contributed by atoms with Gasteiger partial charge in [-0.15, -0.1) is 5.10 Å². The molecule has 0 aliphatic carbocycles. The third kappa shape index (κ3) is 2.31. The molecule has 82 valence electrons. The van der Waals surface area contributed by atoms with E-state index >= 15 is 0 Å². The quantitative estimate of drug-likeness (QED) is 0.731. The molecule has 6 nitrogen and oxygen atoms in total. The lowest BCUT2D eigenvalue weighted by atomic mass is 10.1. The molecule has 0 saturated carbocycles. The molecule has 0 radical (unpaired) electrons. The van der Waals surface area contributed by atoms with Gasteiger partial charge in [0, 0.05) is 31.6 Å². The molecule has 0 spiro atoms. The van der Waals surface area contributed by atoms with Crippen molar-refractivity contribution in [3.05, 3.63) is 11.1 Å². The minimum absolute atomic E-state index is 0.536. The van der Waals surface area contributed by atoms with Gasteiger partial charge in [0.05, 0.1) is 0 Å². The summed E-state index contributed by atoms with van der Waals surface area (Å²) in [5.74, 6) is -0.857. The van der Waals surface area contributed by atoms with Crippen LogP contribution >= 0.6 is 11.5 Å². The van der Waals surface area contributed by atoms with Gasteiger partial charge in [0.25, 0.3) is 0 Å². The Kier molecular flexibility index (Phi) is 3.24. The van der Waals surface area contributed by atoms with Crippen LogP contribution in [0.15, 0.2) is 5.38 Å². The fourth-order valence-corrected chi connectivity index (χ4v) is 2.17. The number of rotatable bonds is 3. The molecular formula is C8H12N4O2S. The van der Waals surface area contributed by atoms with Gasteiger partial charge in [0.1, 0.15) is 5.69 Å². The van der Waals surface area contributed by atoms with Crippen molar-refractivity contribution in [2.24, 2.45) is 0 Å². The van der Waals surface area contributed by atoms with Crippen molar-refractivity contribution in [1.82, 2.24) is 19.8 Å². The molecule has 1 unspecified atom stereocenters. The molecule has 1 atom stereocenters. The Balaban J connectivity index is 2.15. The molecular weight excluding hydrogens is 216 g/mol. The van der Waals surface area contributed by atoms with Gasteiger partial charge in [-0.2, -0.15) is 0 Å². The second-order valence-corrected chi connectivity index (χ2v) is 3.97. The highest BCUT2D eigenvalue weighted by Gasteiger charge is 2.30. The first-order chi connectivity index (χ1) is 7.29. The molecule has 1 aromatic rings. The predicted molar refractivity (Wildman–Crippen MR) is 54.7 cm³/mol. The van der Waals surface area contributed by atoms with Crippen LogP contribution in [0, 0.1) is 0 Å². The van der Waals surface area contributed by atoms with E-state index in [2.05, 4.69) is 14.9 Å². The second-order valence-electron chi connectivity index (χ2n) is 3.36. The summed E-state index contributed by atoms with van der Waals surface area (Å²) < 4.78 is 3.71. The van der Waals surface area contributed by atoms with E-state index in [0.29, 0.717) is 5.69 Å². The molecule has 2 N–H and O–H groups in total. The molecule has 2 rings (SSSR count). The van der Waals surface area contributed by atoms with E-state index in [-0.39, 0.29) is 0 Å². The van der Waals surface area contributed by atoms with Gasteiger partial charge < -0.3 is 10.4 Å². The minimum atomic E-state index is -0.857. The van der Waals surface area contributed by atoms with E-state index in [1.807, 2.05) is 4.90 Å². The first-order valence-electron chi connectivity index (χ1n) is 4.73. The zero-order chi connectivity index (χ0) is 10.7. The number of aromatic nitrogens is 2. The maximum Gasteiger partial charge on any atom is 0.327 e. The summed E-state index contributed by atoms with van der Waals surface area (Å²) in [5.41, 5.74) is 0.536. The fourth-order valence-electron chi connectivity index (χ4n) is 1.70. The number of piperazine rings is 1. The Morgan fingerprint density at radius 2 is 2.33 bits per heavy atom. The van der Waals surface area contributed by atoms with E-state index in [1.54, 1.807) is 5.38 Å². The molecule has 1 saturated heterocycles. The van der Waals surface area contributed by atoms with E-state index in [0.717, 1.165) is 26.2 Å². The van der Waals surface area contributed by atoms with Gasteiger partial charge >= 0.3 is 5.97 Å². The highest BCUT2D eigenvalue weighted by Crippen LogP contribution is 2.20. The number of aliphatic carboxylic acids is 1. The number of hydrogen-bond donors (Lipinski definition) is 2. The largest absolute Gasteiger partial charge is 0.480 e. The van der Waals surface area contributed by atoms with Crippen LogP contribution in [0.5, 0.6) is 0 Å². The smallest absolute Gasteiger partial charge is 0.327 e. The topological polar surface area (TPSA) is 78.3 Å². The second kappa shape index (κ2) is 4.65. The molecule has 0 bridgehead atoms. The SMILES string of the molecule is O=C(O)C(c1csnn1)N1CCNCC1. The molecule has 0 aromatic carbocycles. The van der Waals surface area contributed by atoms with Gasteiger partial charge in [-0.25, -0.2) is 0 Å². The van der Waals surface area contributed by atoms with E-state index in [9.17, 15) is 9.90 Å². The number of carbonyl (C=O) groups is 1. The Morgan fingerprint density at radius 3 is 2.87 bits per heavy atom. The van der Waals surface area contributed by atoms with Gasteiger partial charge in [-0.1, -0.05) is 4.49 Å². The lowest BCUT2D eigenvalue weighted by molar-refractivity contribution is -0.144. The molecule has 2 heterocycles. The van der Waals surface area contributed by atoms with E-state index in [4.69, 9.17) is 0 Å². The zero-order valence-corrected chi connectivity index (χ0v) is 8.90. The number of carboxylic acids is 1. The summed E-state index contributed by atoms with van der Waals surface area (Å²) in [7, 11) is 0. The Bertz CT molecular complexity index is 323. The number of nitrogens with zero attached hydrogens (tertiary/aromatic N) is 3. The van der Waals surface area contributed by atoms with Crippen LogP contribution < -0.4 is 5.32 Å².